The molecule has 2 heterocycles. The van der Waals surface area contributed by atoms with Crippen LogP contribution in [-0.4, -0.2) is 21.5 Å². The summed E-state index contributed by atoms with van der Waals surface area (Å²) in [5.41, 5.74) is 0.491. The number of rotatable bonds is 6. The first kappa shape index (κ1) is 11.3. The van der Waals surface area contributed by atoms with Crippen molar-refractivity contribution < 1.29 is 20.4 Å². The molecule has 0 aliphatic heterocycles. The van der Waals surface area contributed by atoms with Crippen molar-refractivity contribution in [2.45, 2.75) is 39.5 Å². The zero-order valence-corrected chi connectivity index (χ0v) is 12.9. The first-order chi connectivity index (χ1) is 12.7. The molecule has 0 saturated carbocycles. The Balaban J connectivity index is 2.43. The molecular formula is C16H20F2N4O. The van der Waals surface area contributed by atoms with Crippen molar-refractivity contribution in [3.8, 4) is 5.75 Å². The Morgan fingerprint density at radius 2 is 2.22 bits per heavy atom. The highest BCUT2D eigenvalue weighted by Crippen LogP contribution is 2.30. The molecule has 23 heavy (non-hydrogen) atoms. The summed E-state index contributed by atoms with van der Waals surface area (Å²) < 4.78 is 69.4. The maximum atomic E-state index is 13.8. The van der Waals surface area contributed by atoms with Gasteiger partial charge in [-0.3, -0.25) is 4.98 Å². The second kappa shape index (κ2) is 6.85. The van der Waals surface area contributed by atoms with Crippen LogP contribution < -0.4 is 10.1 Å². The van der Waals surface area contributed by atoms with Gasteiger partial charge in [0.2, 0.25) is 5.82 Å². The highest BCUT2D eigenvalue weighted by Gasteiger charge is 2.29. The summed E-state index contributed by atoms with van der Waals surface area (Å²) in [6.45, 7) is -1.77. The van der Waals surface area contributed by atoms with Gasteiger partial charge in [0.1, 0.15) is 5.82 Å². The number of ether oxygens (including phenoxy) is 1. The average molecular weight is 327 g/mol. The Hall–Kier alpha value is -2.31. The number of nitrogens with zero attached hydrogens (tertiary/aromatic N) is 3. The molecule has 0 aliphatic rings. The SMILES string of the molecule is [2H]C([2H])([2H])C([2H])([2H])Oc1cnccc1Nc1cc(C(C)C)nc(C(C)(F)F)n1. The van der Waals surface area contributed by atoms with E-state index in [0.717, 1.165) is 6.20 Å². The summed E-state index contributed by atoms with van der Waals surface area (Å²) in [4.78, 5) is 11.5. The Kier molecular flexibility index (Phi) is 3.35. The van der Waals surface area contributed by atoms with Gasteiger partial charge in [0.15, 0.2) is 5.75 Å². The Morgan fingerprint density at radius 3 is 2.87 bits per heavy atom. The van der Waals surface area contributed by atoms with E-state index in [1.807, 2.05) is 0 Å². The van der Waals surface area contributed by atoms with Crippen LogP contribution in [0.4, 0.5) is 20.3 Å². The third-order valence-electron chi connectivity index (χ3n) is 2.94. The fourth-order valence-corrected chi connectivity index (χ4v) is 1.78. The van der Waals surface area contributed by atoms with Crippen LogP contribution in [0, 0.1) is 0 Å². The quantitative estimate of drug-likeness (QED) is 0.859. The normalized spacial score (nSPS) is 16.0. The third kappa shape index (κ3) is 4.34. The van der Waals surface area contributed by atoms with Crippen molar-refractivity contribution in [3.05, 3.63) is 36.0 Å². The predicted octanol–water partition coefficient (Wildman–Crippen LogP) is 4.25. The molecule has 1 N–H and O–H groups in total. The number of pyridine rings is 1. The number of halogens is 2. The van der Waals surface area contributed by atoms with E-state index in [1.165, 1.54) is 18.3 Å². The highest BCUT2D eigenvalue weighted by molar-refractivity contribution is 5.63. The third-order valence-corrected chi connectivity index (χ3v) is 2.94. The van der Waals surface area contributed by atoms with Crippen LogP contribution in [0.2, 0.25) is 0 Å². The molecule has 0 aliphatic carbocycles. The molecule has 0 atom stereocenters. The topological polar surface area (TPSA) is 59.9 Å². The first-order valence-electron chi connectivity index (χ1n) is 9.38. The van der Waals surface area contributed by atoms with E-state index in [0.29, 0.717) is 12.6 Å². The summed E-state index contributed by atoms with van der Waals surface area (Å²) >= 11 is 0. The standard InChI is InChI=1S/C16H20F2N4O/c1-5-23-13-9-19-7-6-11(13)20-14-8-12(10(2)3)21-15(22-14)16(4,17)18/h6-10H,5H2,1-4H3,(H,19,20,21,22)/i1D3,5D2. The highest BCUT2D eigenvalue weighted by atomic mass is 19.3. The average Bonchev–Trinajstić information content (AvgIpc) is 2.54. The van der Waals surface area contributed by atoms with Crippen molar-refractivity contribution >= 4 is 11.5 Å². The van der Waals surface area contributed by atoms with Crippen LogP contribution >= 0.6 is 0 Å². The van der Waals surface area contributed by atoms with Crippen LogP contribution in [0.5, 0.6) is 5.75 Å². The van der Waals surface area contributed by atoms with Gasteiger partial charge in [-0.1, -0.05) is 13.8 Å². The molecule has 2 rings (SSSR count). The molecule has 2 aromatic rings. The van der Waals surface area contributed by atoms with Gasteiger partial charge in [-0.25, -0.2) is 9.97 Å². The molecule has 124 valence electrons. The summed E-state index contributed by atoms with van der Waals surface area (Å²) in [6.07, 6.45) is 2.46. The van der Waals surface area contributed by atoms with Gasteiger partial charge in [0, 0.05) is 29.0 Å². The lowest BCUT2D eigenvalue weighted by molar-refractivity contribution is 0.00757. The smallest absolute Gasteiger partial charge is 0.303 e. The molecule has 0 radical (unpaired) electrons. The van der Waals surface area contributed by atoms with Crippen molar-refractivity contribution in [2.75, 3.05) is 11.9 Å². The van der Waals surface area contributed by atoms with E-state index in [4.69, 9.17) is 11.6 Å². The minimum absolute atomic E-state index is 0.0284. The van der Waals surface area contributed by atoms with E-state index in [9.17, 15) is 8.78 Å². The molecule has 7 heteroatoms. The maximum absolute atomic E-state index is 13.8. The van der Waals surface area contributed by atoms with E-state index in [2.05, 4.69) is 20.3 Å². The molecular weight excluding hydrogens is 302 g/mol. The summed E-state index contributed by atoms with van der Waals surface area (Å²) in [6, 6.07) is 2.86. The summed E-state index contributed by atoms with van der Waals surface area (Å²) in [5.74, 6) is -4.27. The van der Waals surface area contributed by atoms with Gasteiger partial charge in [-0.2, -0.15) is 8.78 Å². The molecule has 0 amide bonds. The second-order valence-corrected chi connectivity index (χ2v) is 5.25. The Labute approximate surface area is 141 Å². The van der Waals surface area contributed by atoms with Gasteiger partial charge in [0.05, 0.1) is 21.2 Å². The van der Waals surface area contributed by atoms with E-state index in [1.54, 1.807) is 13.8 Å². The zero-order chi connectivity index (χ0) is 21.3. The lowest BCUT2D eigenvalue weighted by Crippen LogP contribution is -2.15. The van der Waals surface area contributed by atoms with Gasteiger partial charge in [-0.05, 0) is 18.8 Å². The van der Waals surface area contributed by atoms with Gasteiger partial charge >= 0.3 is 5.92 Å². The Bertz CT molecular complexity index is 841. The van der Waals surface area contributed by atoms with Gasteiger partial charge in [0.25, 0.3) is 0 Å². The molecule has 0 fully saturated rings. The second-order valence-electron chi connectivity index (χ2n) is 5.25. The van der Waals surface area contributed by atoms with Crippen molar-refractivity contribution in [2.24, 2.45) is 0 Å². The van der Waals surface area contributed by atoms with Crippen molar-refractivity contribution in [3.63, 3.8) is 0 Å². The lowest BCUT2D eigenvalue weighted by Gasteiger charge is -2.16. The number of aromatic nitrogens is 3. The van der Waals surface area contributed by atoms with Crippen molar-refractivity contribution in [1.29, 1.82) is 0 Å². The number of hydrogen-bond donors (Lipinski definition) is 1. The number of hydrogen-bond acceptors (Lipinski definition) is 5. The largest absolute Gasteiger partial charge is 0.490 e. The van der Waals surface area contributed by atoms with Crippen LogP contribution in [0.1, 0.15) is 51.9 Å². The molecule has 0 bridgehead atoms. The molecule has 0 spiro atoms. The van der Waals surface area contributed by atoms with Crippen LogP contribution in [0.15, 0.2) is 24.5 Å². The number of alkyl halides is 2. The number of nitrogens with one attached hydrogen (secondary N) is 1. The van der Waals surface area contributed by atoms with Crippen molar-refractivity contribution in [1.82, 2.24) is 15.0 Å². The van der Waals surface area contributed by atoms with E-state index < -0.39 is 25.2 Å². The fourth-order valence-electron chi connectivity index (χ4n) is 1.78. The minimum atomic E-state index is -3.27. The molecule has 0 aromatic carbocycles. The molecule has 5 nitrogen and oxygen atoms in total. The summed E-state index contributed by atoms with van der Waals surface area (Å²) in [7, 11) is 0. The molecule has 2 aromatic heterocycles. The monoisotopic (exact) mass is 327 g/mol. The first-order valence-corrected chi connectivity index (χ1v) is 6.88. The number of anilines is 2. The van der Waals surface area contributed by atoms with Crippen LogP contribution in [0.3, 0.4) is 0 Å². The fraction of sp³-hybridized carbons (Fsp3) is 0.438. The Morgan fingerprint density at radius 1 is 1.43 bits per heavy atom. The molecule has 0 unspecified atom stereocenters. The van der Waals surface area contributed by atoms with Crippen LogP contribution in [-0.2, 0) is 5.92 Å². The molecule has 0 saturated heterocycles. The van der Waals surface area contributed by atoms with Gasteiger partial charge in [-0.15, -0.1) is 0 Å². The maximum Gasteiger partial charge on any atom is 0.303 e. The summed E-state index contributed by atoms with van der Waals surface area (Å²) in [5, 5.41) is 2.75. The van der Waals surface area contributed by atoms with E-state index in [-0.39, 0.29) is 23.2 Å². The van der Waals surface area contributed by atoms with Crippen LogP contribution in [0.25, 0.3) is 0 Å². The van der Waals surface area contributed by atoms with Gasteiger partial charge < -0.3 is 10.1 Å². The predicted molar refractivity (Wildman–Crippen MR) is 84.4 cm³/mol. The minimum Gasteiger partial charge on any atom is -0.490 e. The lowest BCUT2D eigenvalue weighted by atomic mass is 10.1. The zero-order valence-electron chi connectivity index (χ0n) is 17.9. The van der Waals surface area contributed by atoms with E-state index >= 15 is 0 Å².